The van der Waals surface area contributed by atoms with Gasteiger partial charge in [0, 0.05) is 38.3 Å². The van der Waals surface area contributed by atoms with E-state index < -0.39 is 17.2 Å². The molecule has 0 atom stereocenters. The number of aryl methyl sites for hydroxylation is 1. The molecule has 0 fully saturated rings. The molecular weight excluding hydrogens is 346 g/mol. The largest absolute Gasteiger partial charge is 0.342 e. The second-order valence-corrected chi connectivity index (χ2v) is 6.17. The third-order valence-electron chi connectivity index (χ3n) is 3.86. The van der Waals surface area contributed by atoms with E-state index >= 15 is 0 Å². The molecule has 2 heterocycles. The zero-order chi connectivity index (χ0) is 18.1. The molecule has 0 aliphatic carbocycles. The van der Waals surface area contributed by atoms with Crippen molar-refractivity contribution in [2.75, 3.05) is 13.6 Å². The normalized spacial score (nSPS) is 11.0. The smallest absolute Gasteiger partial charge is 0.328 e. The summed E-state index contributed by atoms with van der Waals surface area (Å²) < 4.78 is 1.16. The monoisotopic (exact) mass is 361 g/mol. The first-order valence-corrected chi connectivity index (χ1v) is 7.92. The maximum atomic E-state index is 12.4. The molecule has 0 radical (unpaired) electrons. The van der Waals surface area contributed by atoms with E-state index in [9.17, 15) is 14.4 Å². The number of nitrogens with zero attached hydrogens (tertiary/aromatic N) is 3. The molecule has 0 saturated carbocycles. The highest BCUT2D eigenvalue weighted by Gasteiger charge is 2.17. The van der Waals surface area contributed by atoms with E-state index in [1.807, 2.05) is 6.07 Å². The number of fused-ring (bicyclic) bond motifs is 1. The molecule has 0 aliphatic rings. The average Bonchev–Trinajstić information content (AvgIpc) is 2.97. The Morgan fingerprint density at radius 3 is 2.84 bits per heavy atom. The minimum absolute atomic E-state index is 0.0824. The van der Waals surface area contributed by atoms with Gasteiger partial charge < -0.3 is 14.5 Å². The molecule has 3 rings (SSSR count). The summed E-state index contributed by atoms with van der Waals surface area (Å²) in [6.07, 6.45) is 1.72. The molecular formula is C16H16ClN5O3. The molecule has 130 valence electrons. The predicted molar refractivity (Wildman–Crippen MR) is 94.1 cm³/mol. The Labute approximate surface area is 147 Å². The van der Waals surface area contributed by atoms with Gasteiger partial charge in [-0.25, -0.2) is 9.78 Å². The Morgan fingerprint density at radius 1 is 1.32 bits per heavy atom. The number of halogens is 1. The number of carbonyl (C=O) groups excluding carboxylic acids is 1. The summed E-state index contributed by atoms with van der Waals surface area (Å²) in [6.45, 7) is 0.356. The number of amides is 1. The van der Waals surface area contributed by atoms with Crippen LogP contribution in [0.1, 0.15) is 16.2 Å². The Kier molecular flexibility index (Phi) is 4.45. The van der Waals surface area contributed by atoms with Crippen molar-refractivity contribution < 1.29 is 4.79 Å². The first-order valence-electron chi connectivity index (χ1n) is 7.54. The van der Waals surface area contributed by atoms with Crippen LogP contribution in [0.3, 0.4) is 0 Å². The lowest BCUT2D eigenvalue weighted by Crippen LogP contribution is -2.37. The number of aromatic amines is 2. The molecule has 0 aliphatic heterocycles. The number of H-pyrrole nitrogens is 2. The van der Waals surface area contributed by atoms with Gasteiger partial charge in [0.2, 0.25) is 0 Å². The van der Waals surface area contributed by atoms with Crippen molar-refractivity contribution in [1.82, 2.24) is 24.4 Å². The van der Waals surface area contributed by atoms with Gasteiger partial charge in [-0.3, -0.25) is 14.6 Å². The van der Waals surface area contributed by atoms with Crippen LogP contribution in [0.25, 0.3) is 11.0 Å². The number of likely N-dealkylation sites (N-methyl/N-ethyl adjacent to an activating group) is 1. The standard InChI is InChI=1S/C16H16ClN5O3/c1-21(15(24)10-8-22(2)16(25)20-14(10)23)6-5-13-18-11-4-3-9(17)7-12(11)19-13/h3-4,7-8H,5-6H2,1-2H3,(H,18,19)(H,20,23,25). The molecule has 9 heteroatoms. The molecule has 1 amide bonds. The van der Waals surface area contributed by atoms with E-state index in [0.717, 1.165) is 15.6 Å². The number of hydrogen-bond acceptors (Lipinski definition) is 4. The molecule has 0 spiro atoms. The van der Waals surface area contributed by atoms with Crippen molar-refractivity contribution >= 4 is 28.5 Å². The number of nitrogens with one attached hydrogen (secondary N) is 2. The third kappa shape index (κ3) is 3.48. The van der Waals surface area contributed by atoms with Gasteiger partial charge in [-0.15, -0.1) is 0 Å². The van der Waals surface area contributed by atoms with Crippen LogP contribution in [0, 0.1) is 0 Å². The maximum Gasteiger partial charge on any atom is 0.328 e. The summed E-state index contributed by atoms with van der Waals surface area (Å²) in [4.78, 5) is 46.7. The summed E-state index contributed by atoms with van der Waals surface area (Å²) in [5.74, 6) is 0.252. The topological polar surface area (TPSA) is 104 Å². The van der Waals surface area contributed by atoms with Crippen LogP contribution < -0.4 is 11.2 Å². The lowest BCUT2D eigenvalue weighted by Gasteiger charge is -2.16. The van der Waals surface area contributed by atoms with Gasteiger partial charge in [0.1, 0.15) is 11.4 Å². The maximum absolute atomic E-state index is 12.4. The number of carbonyl (C=O) groups is 1. The van der Waals surface area contributed by atoms with Gasteiger partial charge in [0.15, 0.2) is 0 Å². The van der Waals surface area contributed by atoms with Gasteiger partial charge in [-0.2, -0.15) is 0 Å². The van der Waals surface area contributed by atoms with Gasteiger partial charge in [-0.1, -0.05) is 11.6 Å². The van der Waals surface area contributed by atoms with Gasteiger partial charge in [0.05, 0.1) is 11.0 Å². The Bertz CT molecular complexity index is 1070. The highest BCUT2D eigenvalue weighted by atomic mass is 35.5. The SMILES string of the molecule is CN(CCc1nc2ccc(Cl)cc2[nH]1)C(=O)c1cn(C)c(=O)[nH]c1=O. The Hall–Kier alpha value is -2.87. The molecule has 0 saturated heterocycles. The lowest BCUT2D eigenvalue weighted by molar-refractivity contribution is 0.0793. The fourth-order valence-corrected chi connectivity index (χ4v) is 2.62. The van der Waals surface area contributed by atoms with Crippen molar-refractivity contribution in [2.45, 2.75) is 6.42 Å². The summed E-state index contributed by atoms with van der Waals surface area (Å²) in [7, 11) is 3.06. The number of imidazole rings is 1. The Balaban J connectivity index is 1.74. The number of benzene rings is 1. The van der Waals surface area contributed by atoms with Crippen LogP contribution in [-0.2, 0) is 13.5 Å². The molecule has 2 aromatic heterocycles. The minimum Gasteiger partial charge on any atom is -0.342 e. The van der Waals surface area contributed by atoms with Crippen LogP contribution in [0.5, 0.6) is 0 Å². The highest BCUT2D eigenvalue weighted by Crippen LogP contribution is 2.17. The number of rotatable bonds is 4. The summed E-state index contributed by atoms with van der Waals surface area (Å²) in [6, 6.07) is 5.36. The van der Waals surface area contributed by atoms with Crippen LogP contribution in [0.15, 0.2) is 34.0 Å². The van der Waals surface area contributed by atoms with E-state index in [1.54, 1.807) is 19.2 Å². The second kappa shape index (κ2) is 6.56. The molecule has 0 unspecified atom stereocenters. The minimum atomic E-state index is -0.696. The number of hydrogen-bond donors (Lipinski definition) is 2. The summed E-state index contributed by atoms with van der Waals surface area (Å²) in [5, 5.41) is 0.615. The van der Waals surface area contributed by atoms with Gasteiger partial charge >= 0.3 is 5.69 Å². The van der Waals surface area contributed by atoms with E-state index in [4.69, 9.17) is 11.6 Å². The summed E-state index contributed by atoms with van der Waals surface area (Å²) >= 11 is 5.95. The lowest BCUT2D eigenvalue weighted by atomic mass is 10.2. The zero-order valence-corrected chi connectivity index (χ0v) is 14.4. The molecule has 25 heavy (non-hydrogen) atoms. The van der Waals surface area contributed by atoms with E-state index in [-0.39, 0.29) is 5.56 Å². The van der Waals surface area contributed by atoms with Crippen molar-refractivity contribution in [3.05, 3.63) is 61.6 Å². The van der Waals surface area contributed by atoms with Crippen molar-refractivity contribution in [3.63, 3.8) is 0 Å². The van der Waals surface area contributed by atoms with Gasteiger partial charge in [-0.05, 0) is 18.2 Å². The van der Waals surface area contributed by atoms with Crippen LogP contribution in [0.2, 0.25) is 5.02 Å². The van der Waals surface area contributed by atoms with Gasteiger partial charge in [0.25, 0.3) is 11.5 Å². The van der Waals surface area contributed by atoms with E-state index in [1.165, 1.54) is 18.1 Å². The van der Waals surface area contributed by atoms with Crippen LogP contribution in [-0.4, -0.2) is 43.9 Å². The molecule has 1 aromatic carbocycles. The molecule has 8 nitrogen and oxygen atoms in total. The molecule has 3 aromatic rings. The van der Waals surface area contributed by atoms with Crippen LogP contribution in [0.4, 0.5) is 0 Å². The zero-order valence-electron chi connectivity index (χ0n) is 13.7. The quantitative estimate of drug-likeness (QED) is 0.721. The third-order valence-corrected chi connectivity index (χ3v) is 4.10. The fourth-order valence-electron chi connectivity index (χ4n) is 2.45. The van der Waals surface area contributed by atoms with Crippen molar-refractivity contribution in [1.29, 1.82) is 0 Å². The Morgan fingerprint density at radius 2 is 2.08 bits per heavy atom. The highest BCUT2D eigenvalue weighted by molar-refractivity contribution is 6.31. The first kappa shape index (κ1) is 17.0. The average molecular weight is 362 g/mol. The summed E-state index contributed by atoms with van der Waals surface area (Å²) in [5.41, 5.74) is 0.276. The first-order chi connectivity index (χ1) is 11.8. The molecule has 2 N–H and O–H groups in total. The predicted octanol–water partition coefficient (Wildman–Crippen LogP) is 0.918. The second-order valence-electron chi connectivity index (χ2n) is 5.73. The van der Waals surface area contributed by atoms with Crippen molar-refractivity contribution in [3.8, 4) is 0 Å². The van der Waals surface area contributed by atoms with E-state index in [0.29, 0.717) is 23.8 Å². The van der Waals surface area contributed by atoms with Crippen molar-refractivity contribution in [2.24, 2.45) is 7.05 Å². The van der Waals surface area contributed by atoms with Crippen LogP contribution >= 0.6 is 11.6 Å². The molecule has 0 bridgehead atoms. The fraction of sp³-hybridized carbons (Fsp3) is 0.250. The number of aromatic nitrogens is 4. The van der Waals surface area contributed by atoms with E-state index in [2.05, 4.69) is 15.0 Å².